The minimum Gasteiger partial charge on any atom is -0.369 e. The Balaban J connectivity index is 1.69. The van der Waals surface area contributed by atoms with Gasteiger partial charge >= 0.3 is 0 Å². The highest BCUT2D eigenvalue weighted by atomic mass is 35.5. The summed E-state index contributed by atoms with van der Waals surface area (Å²) in [4.78, 5) is 0. The van der Waals surface area contributed by atoms with Gasteiger partial charge in [0, 0.05) is 5.02 Å². The van der Waals surface area contributed by atoms with E-state index in [1.54, 1.807) is 0 Å². The Labute approximate surface area is 114 Å². The SMILES string of the molecule is CCCC1CCC(Cc2ccc(Cl)cc2)C12CO2. The van der Waals surface area contributed by atoms with Crippen LogP contribution in [0, 0.1) is 11.8 Å². The Morgan fingerprint density at radius 3 is 2.50 bits per heavy atom. The summed E-state index contributed by atoms with van der Waals surface area (Å²) < 4.78 is 5.90. The van der Waals surface area contributed by atoms with Crippen LogP contribution in [0.1, 0.15) is 38.2 Å². The molecule has 0 aromatic heterocycles. The van der Waals surface area contributed by atoms with Gasteiger partial charge in [-0.15, -0.1) is 0 Å². The quantitative estimate of drug-likeness (QED) is 0.731. The molecule has 2 fully saturated rings. The molecule has 1 aromatic rings. The molecule has 3 atom stereocenters. The Kier molecular flexibility index (Phi) is 3.38. The lowest BCUT2D eigenvalue weighted by atomic mass is 9.84. The van der Waals surface area contributed by atoms with E-state index in [-0.39, 0.29) is 5.60 Å². The van der Waals surface area contributed by atoms with Crippen molar-refractivity contribution in [3.8, 4) is 0 Å². The van der Waals surface area contributed by atoms with Crippen molar-refractivity contribution in [2.75, 3.05) is 6.61 Å². The molecule has 1 spiro atoms. The fourth-order valence-corrected chi connectivity index (χ4v) is 3.82. The molecule has 0 amide bonds. The summed E-state index contributed by atoms with van der Waals surface area (Å²) in [6.07, 6.45) is 6.44. The van der Waals surface area contributed by atoms with Gasteiger partial charge in [-0.1, -0.05) is 37.1 Å². The van der Waals surface area contributed by atoms with Gasteiger partial charge in [-0.2, -0.15) is 0 Å². The summed E-state index contributed by atoms with van der Waals surface area (Å²) >= 11 is 5.94. The molecule has 18 heavy (non-hydrogen) atoms. The Hall–Kier alpha value is -0.530. The van der Waals surface area contributed by atoms with E-state index in [9.17, 15) is 0 Å². The van der Waals surface area contributed by atoms with Gasteiger partial charge in [0.1, 0.15) is 0 Å². The average Bonchev–Trinajstić information content (AvgIpc) is 3.09. The molecular formula is C16H21ClO. The van der Waals surface area contributed by atoms with Crippen molar-refractivity contribution in [2.24, 2.45) is 11.8 Å². The first-order chi connectivity index (χ1) is 8.74. The molecule has 2 aliphatic rings. The van der Waals surface area contributed by atoms with Crippen molar-refractivity contribution in [1.82, 2.24) is 0 Å². The van der Waals surface area contributed by atoms with E-state index in [2.05, 4.69) is 19.1 Å². The summed E-state index contributed by atoms with van der Waals surface area (Å²) in [5.41, 5.74) is 1.65. The summed E-state index contributed by atoms with van der Waals surface area (Å²) in [5.74, 6) is 1.52. The zero-order valence-corrected chi connectivity index (χ0v) is 11.7. The number of hydrogen-bond donors (Lipinski definition) is 0. The fraction of sp³-hybridized carbons (Fsp3) is 0.625. The first-order valence-electron chi connectivity index (χ1n) is 7.13. The van der Waals surface area contributed by atoms with E-state index in [0.717, 1.165) is 29.9 Å². The Morgan fingerprint density at radius 2 is 1.89 bits per heavy atom. The van der Waals surface area contributed by atoms with Crippen LogP contribution in [0.25, 0.3) is 0 Å². The zero-order valence-electron chi connectivity index (χ0n) is 11.0. The number of rotatable bonds is 4. The highest BCUT2D eigenvalue weighted by Gasteiger charge is 2.59. The van der Waals surface area contributed by atoms with Crippen LogP contribution >= 0.6 is 11.6 Å². The lowest BCUT2D eigenvalue weighted by molar-refractivity contribution is 0.188. The molecule has 1 saturated heterocycles. The molecule has 0 N–H and O–H groups in total. The van der Waals surface area contributed by atoms with E-state index in [1.165, 1.54) is 31.2 Å². The minimum atomic E-state index is 0.246. The number of hydrogen-bond acceptors (Lipinski definition) is 1. The molecule has 0 radical (unpaired) electrons. The van der Waals surface area contributed by atoms with E-state index >= 15 is 0 Å². The molecule has 1 heterocycles. The second-order valence-corrected chi connectivity index (χ2v) is 6.27. The van der Waals surface area contributed by atoms with Crippen molar-refractivity contribution < 1.29 is 4.74 Å². The number of epoxide rings is 1. The highest BCUT2D eigenvalue weighted by molar-refractivity contribution is 6.30. The van der Waals surface area contributed by atoms with Crippen LogP contribution in [0.4, 0.5) is 0 Å². The van der Waals surface area contributed by atoms with Gasteiger partial charge in [-0.05, 0) is 55.2 Å². The van der Waals surface area contributed by atoms with E-state index < -0.39 is 0 Å². The maximum atomic E-state index is 5.94. The van der Waals surface area contributed by atoms with Gasteiger partial charge in [0.15, 0.2) is 0 Å². The van der Waals surface area contributed by atoms with Gasteiger partial charge in [0.2, 0.25) is 0 Å². The number of benzene rings is 1. The molecular weight excluding hydrogens is 244 g/mol. The predicted octanol–water partition coefficient (Wildman–Crippen LogP) is 4.48. The molecule has 0 bridgehead atoms. The van der Waals surface area contributed by atoms with Crippen LogP contribution < -0.4 is 0 Å². The van der Waals surface area contributed by atoms with Crippen LogP contribution in [0.15, 0.2) is 24.3 Å². The molecule has 2 heteroatoms. The lowest BCUT2D eigenvalue weighted by Gasteiger charge is -2.21. The summed E-state index contributed by atoms with van der Waals surface area (Å²) in [5, 5.41) is 0.825. The van der Waals surface area contributed by atoms with Crippen LogP contribution in [0.2, 0.25) is 5.02 Å². The van der Waals surface area contributed by atoms with Gasteiger partial charge in [0.25, 0.3) is 0 Å². The first kappa shape index (κ1) is 12.5. The third-order valence-electron chi connectivity index (χ3n) is 4.76. The third kappa shape index (κ3) is 2.19. The second-order valence-electron chi connectivity index (χ2n) is 5.83. The highest BCUT2D eigenvalue weighted by Crippen LogP contribution is 2.54. The smallest absolute Gasteiger partial charge is 0.0975 e. The Bertz CT molecular complexity index is 408. The van der Waals surface area contributed by atoms with Gasteiger partial charge in [0.05, 0.1) is 12.2 Å². The standard InChI is InChI=1S/C16H21ClO/c1-2-3-13-6-7-14(16(13)11-18-16)10-12-4-8-15(17)9-5-12/h4-5,8-9,13-14H,2-3,6-7,10-11H2,1H3. The molecule has 1 nitrogen and oxygen atoms in total. The maximum Gasteiger partial charge on any atom is 0.0975 e. The summed E-state index contributed by atoms with van der Waals surface area (Å²) in [6, 6.07) is 8.31. The normalized spacial score (nSPS) is 34.1. The first-order valence-corrected chi connectivity index (χ1v) is 7.51. The van der Waals surface area contributed by atoms with Gasteiger partial charge in [-0.3, -0.25) is 0 Å². The number of halogens is 1. The van der Waals surface area contributed by atoms with Crippen LogP contribution in [-0.4, -0.2) is 12.2 Å². The predicted molar refractivity (Wildman–Crippen MR) is 75.0 cm³/mol. The maximum absolute atomic E-state index is 5.94. The monoisotopic (exact) mass is 264 g/mol. The van der Waals surface area contributed by atoms with Crippen LogP contribution in [0.3, 0.4) is 0 Å². The zero-order chi connectivity index (χ0) is 12.6. The second kappa shape index (κ2) is 4.86. The van der Waals surface area contributed by atoms with E-state index in [0.29, 0.717) is 0 Å². The van der Waals surface area contributed by atoms with Crippen molar-refractivity contribution >= 4 is 11.6 Å². The number of ether oxygens (including phenoxy) is 1. The fourth-order valence-electron chi connectivity index (χ4n) is 3.70. The minimum absolute atomic E-state index is 0.246. The van der Waals surface area contributed by atoms with Crippen LogP contribution in [-0.2, 0) is 11.2 Å². The molecule has 1 aromatic carbocycles. The van der Waals surface area contributed by atoms with Crippen molar-refractivity contribution in [1.29, 1.82) is 0 Å². The van der Waals surface area contributed by atoms with Gasteiger partial charge < -0.3 is 4.74 Å². The molecule has 1 aliphatic carbocycles. The van der Waals surface area contributed by atoms with E-state index in [1.807, 2.05) is 12.1 Å². The third-order valence-corrected chi connectivity index (χ3v) is 5.01. The molecule has 1 aliphatic heterocycles. The molecule has 3 unspecified atom stereocenters. The Morgan fingerprint density at radius 1 is 1.22 bits per heavy atom. The van der Waals surface area contributed by atoms with Gasteiger partial charge in [-0.25, -0.2) is 0 Å². The molecule has 98 valence electrons. The molecule has 3 rings (SSSR count). The lowest BCUT2D eigenvalue weighted by Crippen LogP contribution is -2.27. The van der Waals surface area contributed by atoms with E-state index in [4.69, 9.17) is 16.3 Å². The summed E-state index contributed by atoms with van der Waals surface area (Å²) in [7, 11) is 0. The largest absolute Gasteiger partial charge is 0.369 e. The van der Waals surface area contributed by atoms with Crippen LogP contribution in [0.5, 0.6) is 0 Å². The van der Waals surface area contributed by atoms with Crippen molar-refractivity contribution in [3.63, 3.8) is 0 Å². The summed E-state index contributed by atoms with van der Waals surface area (Å²) in [6.45, 7) is 3.28. The van der Waals surface area contributed by atoms with Crippen molar-refractivity contribution in [2.45, 2.75) is 44.6 Å². The van der Waals surface area contributed by atoms with Crippen molar-refractivity contribution in [3.05, 3.63) is 34.9 Å². The average molecular weight is 265 g/mol. The topological polar surface area (TPSA) is 12.5 Å². The molecule has 1 saturated carbocycles.